The van der Waals surface area contributed by atoms with Crippen molar-refractivity contribution >= 4 is 11.9 Å². The van der Waals surface area contributed by atoms with Crippen molar-refractivity contribution in [2.75, 3.05) is 13.2 Å². The number of rotatable bonds is 23. The van der Waals surface area contributed by atoms with E-state index < -0.39 is 0 Å². The van der Waals surface area contributed by atoms with Gasteiger partial charge in [-0.3, -0.25) is 9.97 Å². The summed E-state index contributed by atoms with van der Waals surface area (Å²) in [4.78, 5) is 33.8. The lowest BCUT2D eigenvalue weighted by atomic mass is 10.1. The van der Waals surface area contributed by atoms with Gasteiger partial charge in [0.25, 0.3) is 0 Å². The van der Waals surface area contributed by atoms with Gasteiger partial charge in [0.1, 0.15) is 0 Å². The molecule has 0 aliphatic rings. The van der Waals surface area contributed by atoms with E-state index in [1.807, 2.05) is 0 Å². The highest BCUT2D eigenvalue weighted by molar-refractivity contribution is 5.92. The number of unbranched alkanes of at least 4 members (excludes halogenated alkanes) is 16. The molecule has 222 valence electrons. The van der Waals surface area contributed by atoms with Gasteiger partial charge in [-0.1, -0.05) is 117 Å². The molecule has 0 spiro atoms. The average molecular weight is 553 g/mol. The Morgan fingerprint density at radius 3 is 1.20 bits per heavy atom. The van der Waals surface area contributed by atoms with Crippen LogP contribution in [0.5, 0.6) is 0 Å². The molecule has 0 saturated heterocycles. The lowest BCUT2D eigenvalue weighted by Gasteiger charge is -2.08. The largest absolute Gasteiger partial charge is 0.462 e. The fraction of sp³-hybridized carbons (Fsp3) is 0.647. The van der Waals surface area contributed by atoms with Crippen LogP contribution in [-0.4, -0.2) is 35.1 Å². The van der Waals surface area contributed by atoms with Crippen LogP contribution in [-0.2, 0) is 9.47 Å². The van der Waals surface area contributed by atoms with Gasteiger partial charge >= 0.3 is 11.9 Å². The van der Waals surface area contributed by atoms with Crippen LogP contribution in [0.1, 0.15) is 150 Å². The number of esters is 2. The Kier molecular flexibility index (Phi) is 18.4. The summed E-state index contributed by atoms with van der Waals surface area (Å²) in [6, 6.07) is 6.62. The molecule has 0 aliphatic heterocycles. The average Bonchev–Trinajstić information content (AvgIpc) is 2.99. The quantitative estimate of drug-likeness (QED) is 0.101. The molecule has 40 heavy (non-hydrogen) atoms. The molecule has 2 aromatic rings. The predicted octanol–water partition coefficient (Wildman–Crippen LogP) is 9.52. The Balaban J connectivity index is 1.70. The Morgan fingerprint density at radius 2 is 0.850 bits per heavy atom. The van der Waals surface area contributed by atoms with Gasteiger partial charge < -0.3 is 9.47 Å². The molecule has 0 N–H and O–H groups in total. The molecule has 0 fully saturated rings. The summed E-state index contributed by atoms with van der Waals surface area (Å²) in [5, 5.41) is 0. The smallest absolute Gasteiger partial charge is 0.338 e. The Morgan fingerprint density at radius 1 is 0.525 bits per heavy atom. The van der Waals surface area contributed by atoms with E-state index in [1.54, 1.807) is 36.7 Å². The van der Waals surface area contributed by atoms with Gasteiger partial charge in [0.15, 0.2) is 0 Å². The number of pyridine rings is 2. The van der Waals surface area contributed by atoms with E-state index in [4.69, 9.17) is 9.47 Å². The van der Waals surface area contributed by atoms with E-state index in [1.165, 1.54) is 89.9 Å². The van der Waals surface area contributed by atoms with Crippen LogP contribution in [0.15, 0.2) is 36.7 Å². The second-order valence-corrected chi connectivity index (χ2v) is 10.8. The molecule has 0 bridgehead atoms. The van der Waals surface area contributed by atoms with Crippen LogP contribution in [0.2, 0.25) is 0 Å². The Bertz CT molecular complexity index is 885. The van der Waals surface area contributed by atoms with E-state index in [9.17, 15) is 9.59 Å². The van der Waals surface area contributed by atoms with Crippen LogP contribution >= 0.6 is 0 Å². The molecule has 0 radical (unpaired) electrons. The van der Waals surface area contributed by atoms with Crippen LogP contribution in [0.3, 0.4) is 0 Å². The van der Waals surface area contributed by atoms with Crippen LogP contribution in [0.4, 0.5) is 0 Å². The van der Waals surface area contributed by atoms with Crippen molar-refractivity contribution < 1.29 is 19.1 Å². The third-order valence-electron chi connectivity index (χ3n) is 7.22. The number of nitrogens with zero attached hydrogens (tertiary/aromatic N) is 2. The number of hydrogen-bond donors (Lipinski definition) is 0. The lowest BCUT2D eigenvalue weighted by Crippen LogP contribution is -2.08. The highest BCUT2D eigenvalue weighted by Gasteiger charge is 2.13. The molecule has 0 atom stereocenters. The zero-order chi connectivity index (χ0) is 28.7. The number of carbonyl (C=O) groups is 2. The zero-order valence-electron chi connectivity index (χ0n) is 25.1. The van der Waals surface area contributed by atoms with E-state index in [2.05, 4.69) is 23.8 Å². The fourth-order valence-corrected chi connectivity index (χ4v) is 4.72. The first-order valence-electron chi connectivity index (χ1n) is 15.9. The molecular formula is C34H52N2O4. The normalized spacial score (nSPS) is 10.9. The van der Waals surface area contributed by atoms with Crippen molar-refractivity contribution in [3.63, 3.8) is 0 Å². The summed E-state index contributed by atoms with van der Waals surface area (Å²) in [7, 11) is 0. The van der Waals surface area contributed by atoms with Gasteiger partial charge in [0.05, 0.1) is 35.7 Å². The SMILES string of the molecule is CCCCCCCCCCCOC(=O)c1ccnc(-c2cc(C(=O)OCCCCCCCCCCC)ccn2)c1. The molecule has 2 heterocycles. The third kappa shape index (κ3) is 14.6. The van der Waals surface area contributed by atoms with Crippen molar-refractivity contribution in [2.45, 2.75) is 129 Å². The van der Waals surface area contributed by atoms with Gasteiger partial charge in [-0.05, 0) is 37.1 Å². The van der Waals surface area contributed by atoms with Gasteiger partial charge in [0, 0.05) is 12.4 Å². The highest BCUT2D eigenvalue weighted by Crippen LogP contribution is 2.18. The molecule has 0 amide bonds. The first-order valence-corrected chi connectivity index (χ1v) is 15.9. The standard InChI is InChI=1S/C34H52N2O4/c1-3-5-7-9-11-13-15-17-19-25-39-33(37)29-21-23-35-31(27-29)32-28-30(22-24-36-32)34(38)40-26-20-18-16-14-12-10-8-6-4-2/h21-24,27-28H,3-20,25-26H2,1-2H3. The van der Waals surface area contributed by atoms with Crippen LogP contribution in [0, 0.1) is 0 Å². The minimum absolute atomic E-state index is 0.361. The summed E-state index contributed by atoms with van der Waals surface area (Å²) >= 11 is 0. The minimum Gasteiger partial charge on any atom is -0.462 e. The maximum Gasteiger partial charge on any atom is 0.338 e. The van der Waals surface area contributed by atoms with Gasteiger partial charge in [-0.15, -0.1) is 0 Å². The number of carbonyl (C=O) groups excluding carboxylic acids is 2. The topological polar surface area (TPSA) is 78.4 Å². The maximum absolute atomic E-state index is 12.6. The first kappa shape index (κ1) is 33.4. The lowest BCUT2D eigenvalue weighted by molar-refractivity contribution is 0.0488. The van der Waals surface area contributed by atoms with Crippen molar-refractivity contribution in [2.24, 2.45) is 0 Å². The maximum atomic E-state index is 12.6. The van der Waals surface area contributed by atoms with E-state index in [0.717, 1.165) is 25.7 Å². The summed E-state index contributed by atoms with van der Waals surface area (Å²) in [5.74, 6) is -0.723. The molecule has 6 heteroatoms. The van der Waals surface area contributed by atoms with Crippen molar-refractivity contribution in [1.29, 1.82) is 0 Å². The van der Waals surface area contributed by atoms with Crippen molar-refractivity contribution in [3.8, 4) is 11.4 Å². The van der Waals surface area contributed by atoms with E-state index in [-0.39, 0.29) is 11.9 Å². The van der Waals surface area contributed by atoms with Crippen LogP contribution < -0.4 is 0 Å². The molecule has 0 saturated carbocycles. The summed E-state index contributed by atoms with van der Waals surface area (Å²) < 4.78 is 11.0. The molecular weight excluding hydrogens is 500 g/mol. The van der Waals surface area contributed by atoms with Crippen LogP contribution in [0.25, 0.3) is 11.4 Å². The highest BCUT2D eigenvalue weighted by atomic mass is 16.5. The molecule has 6 nitrogen and oxygen atoms in total. The fourth-order valence-electron chi connectivity index (χ4n) is 4.72. The minimum atomic E-state index is -0.361. The Labute approximate surface area is 242 Å². The summed E-state index contributed by atoms with van der Waals surface area (Å²) in [6.45, 7) is 5.32. The zero-order valence-corrected chi connectivity index (χ0v) is 25.1. The van der Waals surface area contributed by atoms with E-state index in [0.29, 0.717) is 35.7 Å². The molecule has 0 unspecified atom stereocenters. The monoisotopic (exact) mass is 552 g/mol. The first-order chi connectivity index (χ1) is 19.7. The van der Waals surface area contributed by atoms with E-state index >= 15 is 0 Å². The molecule has 0 aliphatic carbocycles. The predicted molar refractivity (Wildman–Crippen MR) is 162 cm³/mol. The molecule has 2 rings (SSSR count). The molecule has 2 aromatic heterocycles. The summed E-state index contributed by atoms with van der Waals surface area (Å²) in [5.41, 5.74) is 1.90. The number of hydrogen-bond acceptors (Lipinski definition) is 6. The van der Waals surface area contributed by atoms with Crippen molar-refractivity contribution in [3.05, 3.63) is 47.8 Å². The van der Waals surface area contributed by atoms with Gasteiger partial charge in [0.2, 0.25) is 0 Å². The Hall–Kier alpha value is -2.76. The van der Waals surface area contributed by atoms with Gasteiger partial charge in [-0.2, -0.15) is 0 Å². The third-order valence-corrected chi connectivity index (χ3v) is 7.22. The summed E-state index contributed by atoms with van der Waals surface area (Å²) in [6.07, 6.45) is 25.1. The number of ether oxygens (including phenoxy) is 2. The van der Waals surface area contributed by atoms with Gasteiger partial charge in [-0.25, -0.2) is 9.59 Å². The van der Waals surface area contributed by atoms with Crippen molar-refractivity contribution in [1.82, 2.24) is 9.97 Å². The second kappa shape index (κ2) is 22.0. The molecule has 0 aromatic carbocycles. The number of aromatic nitrogens is 2. The second-order valence-electron chi connectivity index (χ2n) is 10.8.